The molecule has 8 aromatic carbocycles. The topological polar surface area (TPSA) is 3.24 Å². The van der Waals surface area contributed by atoms with Gasteiger partial charge >= 0.3 is 0 Å². The summed E-state index contributed by atoms with van der Waals surface area (Å²) >= 11 is 1.87. The fourth-order valence-corrected chi connectivity index (χ4v) is 11.0. The van der Waals surface area contributed by atoms with Gasteiger partial charge < -0.3 is 4.90 Å². The number of hydrogen-bond acceptors (Lipinski definition) is 2. The first-order valence-corrected chi connectivity index (χ1v) is 20.5. The van der Waals surface area contributed by atoms with E-state index in [1.807, 2.05) is 11.3 Å². The van der Waals surface area contributed by atoms with E-state index < -0.39 is 0 Å². The van der Waals surface area contributed by atoms with Gasteiger partial charge in [-0.05, 0) is 110 Å². The predicted octanol–water partition coefficient (Wildman–Crippen LogP) is 15.5. The molecule has 1 aromatic heterocycles. The first-order chi connectivity index (χ1) is 27.3. The zero-order valence-corrected chi connectivity index (χ0v) is 32.9. The van der Waals surface area contributed by atoms with Crippen LogP contribution in [-0.2, 0) is 10.8 Å². The molecule has 2 aliphatic rings. The summed E-state index contributed by atoms with van der Waals surface area (Å²) in [4.78, 5) is 2.51. The third-order valence-corrected chi connectivity index (χ3v) is 13.8. The first-order valence-electron chi connectivity index (χ1n) is 19.7. The van der Waals surface area contributed by atoms with Crippen LogP contribution in [0.3, 0.4) is 0 Å². The minimum absolute atomic E-state index is 0.115. The van der Waals surface area contributed by atoms with Crippen LogP contribution in [0.25, 0.3) is 64.7 Å². The number of hydrogen-bond donors (Lipinski definition) is 0. The third-order valence-electron chi connectivity index (χ3n) is 12.7. The Labute approximate surface area is 333 Å². The average Bonchev–Trinajstić information content (AvgIpc) is 3.81. The number of thiophene rings is 1. The van der Waals surface area contributed by atoms with Crippen LogP contribution in [0, 0.1) is 0 Å². The molecule has 11 rings (SSSR count). The van der Waals surface area contributed by atoms with E-state index in [4.69, 9.17) is 0 Å². The Balaban J connectivity index is 1.11. The molecule has 0 amide bonds. The molecule has 1 nitrogen and oxygen atoms in total. The summed E-state index contributed by atoms with van der Waals surface area (Å²) in [5.74, 6) is 0. The van der Waals surface area contributed by atoms with Crippen molar-refractivity contribution in [2.45, 2.75) is 38.5 Å². The Hall–Kier alpha value is -6.22. The lowest BCUT2D eigenvalue weighted by Crippen LogP contribution is -2.18. The van der Waals surface area contributed by atoms with Crippen molar-refractivity contribution in [1.29, 1.82) is 0 Å². The Morgan fingerprint density at radius 3 is 1.52 bits per heavy atom. The molecule has 0 bridgehead atoms. The van der Waals surface area contributed by atoms with Crippen molar-refractivity contribution >= 4 is 48.6 Å². The highest BCUT2D eigenvalue weighted by atomic mass is 32.1. The van der Waals surface area contributed by atoms with Gasteiger partial charge in [-0.1, -0.05) is 155 Å². The van der Waals surface area contributed by atoms with Crippen molar-refractivity contribution < 1.29 is 0 Å². The molecule has 268 valence electrons. The fourth-order valence-electron chi connectivity index (χ4n) is 9.87. The molecule has 0 saturated heterocycles. The number of rotatable bonds is 5. The van der Waals surface area contributed by atoms with Crippen LogP contribution < -0.4 is 4.90 Å². The van der Waals surface area contributed by atoms with Gasteiger partial charge in [0, 0.05) is 47.9 Å². The van der Waals surface area contributed by atoms with Crippen molar-refractivity contribution in [1.82, 2.24) is 0 Å². The number of nitrogens with zero attached hydrogens (tertiary/aromatic N) is 1. The van der Waals surface area contributed by atoms with Crippen LogP contribution in [0.2, 0.25) is 0 Å². The van der Waals surface area contributed by atoms with Gasteiger partial charge in [-0.15, -0.1) is 11.3 Å². The highest BCUT2D eigenvalue weighted by molar-refractivity contribution is 7.25. The molecule has 0 aliphatic heterocycles. The summed E-state index contributed by atoms with van der Waals surface area (Å²) < 4.78 is 2.65. The molecule has 2 heteroatoms. The fraction of sp³-hybridized carbons (Fsp3) is 0.111. The van der Waals surface area contributed by atoms with Crippen molar-refractivity contribution in [2.24, 2.45) is 0 Å². The van der Waals surface area contributed by atoms with E-state index in [1.165, 1.54) is 86.9 Å². The van der Waals surface area contributed by atoms with Crippen LogP contribution >= 0.6 is 11.3 Å². The standard InChI is InChI=1S/C54H41NS/c1-53(2)45-22-9-5-18-40(45)42-29-27-36(32-47(42)53)55(37-28-30-43-41-19-6-10-23-46(41)54(3,4)48(43)33-37)49-24-11-7-17-38(49)34-15-13-16-35(31-34)39-21-14-26-51-52(39)44-20-8-12-25-50(44)56-51/h5-33H,1-4H3. The summed E-state index contributed by atoms with van der Waals surface area (Å²) in [7, 11) is 0. The quantitative estimate of drug-likeness (QED) is 0.170. The van der Waals surface area contributed by atoms with E-state index in [-0.39, 0.29) is 10.8 Å². The van der Waals surface area contributed by atoms with Gasteiger partial charge in [0.2, 0.25) is 0 Å². The molecule has 0 spiro atoms. The first kappa shape index (κ1) is 33.1. The minimum Gasteiger partial charge on any atom is -0.310 e. The van der Waals surface area contributed by atoms with E-state index in [9.17, 15) is 0 Å². The van der Waals surface area contributed by atoms with E-state index in [0.29, 0.717) is 0 Å². The minimum atomic E-state index is -0.115. The summed E-state index contributed by atoms with van der Waals surface area (Å²) in [6, 6.07) is 65.8. The highest BCUT2D eigenvalue weighted by Crippen LogP contribution is 2.54. The van der Waals surface area contributed by atoms with Gasteiger partial charge in [-0.3, -0.25) is 0 Å². The molecule has 0 atom stereocenters. The largest absolute Gasteiger partial charge is 0.310 e. The van der Waals surface area contributed by atoms with Crippen LogP contribution in [0.1, 0.15) is 49.9 Å². The number of anilines is 3. The summed E-state index contributed by atoms with van der Waals surface area (Å²) in [5.41, 5.74) is 19.0. The molecule has 2 aliphatic carbocycles. The van der Waals surface area contributed by atoms with Gasteiger partial charge in [0.05, 0.1) is 5.69 Å². The van der Waals surface area contributed by atoms with Gasteiger partial charge in [-0.2, -0.15) is 0 Å². The SMILES string of the molecule is CC1(C)c2ccccc2-c2ccc(N(c3ccc4c(c3)C(C)(C)c3ccccc3-4)c3ccccc3-c3cccc(-c4cccc5sc6ccccc6c45)c3)cc21. The molecule has 9 aromatic rings. The van der Waals surface area contributed by atoms with Crippen LogP contribution in [0.15, 0.2) is 176 Å². The van der Waals surface area contributed by atoms with Crippen molar-refractivity contribution in [2.75, 3.05) is 4.90 Å². The maximum Gasteiger partial charge on any atom is 0.0540 e. The lowest BCUT2D eigenvalue weighted by molar-refractivity contribution is 0.660. The highest BCUT2D eigenvalue weighted by Gasteiger charge is 2.38. The van der Waals surface area contributed by atoms with Gasteiger partial charge in [0.25, 0.3) is 0 Å². The second-order valence-corrected chi connectivity index (χ2v) is 17.6. The van der Waals surface area contributed by atoms with Gasteiger partial charge in [-0.25, -0.2) is 0 Å². The Kier molecular flexibility index (Phi) is 7.18. The molecule has 56 heavy (non-hydrogen) atoms. The molecule has 0 unspecified atom stereocenters. The summed E-state index contributed by atoms with van der Waals surface area (Å²) in [6.45, 7) is 9.49. The van der Waals surface area contributed by atoms with Crippen molar-refractivity contribution in [3.05, 3.63) is 198 Å². The van der Waals surface area contributed by atoms with Gasteiger partial charge in [0.1, 0.15) is 0 Å². The smallest absolute Gasteiger partial charge is 0.0540 e. The Bertz CT molecular complexity index is 2940. The molecular formula is C54H41NS. The summed E-state index contributed by atoms with van der Waals surface area (Å²) in [5, 5.41) is 2.66. The van der Waals surface area contributed by atoms with E-state index in [2.05, 4.69) is 209 Å². The molecular weight excluding hydrogens is 695 g/mol. The van der Waals surface area contributed by atoms with E-state index in [0.717, 1.165) is 17.1 Å². The Morgan fingerprint density at radius 2 is 0.857 bits per heavy atom. The van der Waals surface area contributed by atoms with E-state index >= 15 is 0 Å². The predicted molar refractivity (Wildman–Crippen MR) is 240 cm³/mol. The van der Waals surface area contributed by atoms with Crippen molar-refractivity contribution in [3.8, 4) is 44.5 Å². The van der Waals surface area contributed by atoms with Crippen molar-refractivity contribution in [3.63, 3.8) is 0 Å². The average molecular weight is 736 g/mol. The molecule has 0 N–H and O–H groups in total. The number of para-hydroxylation sites is 1. The normalized spacial score (nSPS) is 14.4. The Morgan fingerprint density at radius 1 is 0.375 bits per heavy atom. The van der Waals surface area contributed by atoms with Crippen LogP contribution in [-0.4, -0.2) is 0 Å². The monoisotopic (exact) mass is 735 g/mol. The van der Waals surface area contributed by atoms with Crippen LogP contribution in [0.5, 0.6) is 0 Å². The zero-order chi connectivity index (χ0) is 37.8. The third kappa shape index (κ3) is 4.79. The van der Waals surface area contributed by atoms with E-state index in [1.54, 1.807) is 0 Å². The second-order valence-electron chi connectivity index (χ2n) is 16.5. The zero-order valence-electron chi connectivity index (χ0n) is 32.1. The lowest BCUT2D eigenvalue weighted by atomic mass is 9.82. The second kappa shape index (κ2) is 12.1. The number of benzene rings is 8. The molecule has 0 fully saturated rings. The maximum atomic E-state index is 2.51. The number of fused-ring (bicyclic) bond motifs is 9. The summed E-state index contributed by atoms with van der Waals surface area (Å²) in [6.07, 6.45) is 0. The maximum absolute atomic E-state index is 2.51. The molecule has 0 saturated carbocycles. The molecule has 0 radical (unpaired) electrons. The van der Waals surface area contributed by atoms with Crippen LogP contribution in [0.4, 0.5) is 17.1 Å². The lowest BCUT2D eigenvalue weighted by Gasteiger charge is -2.31. The van der Waals surface area contributed by atoms with Gasteiger partial charge in [0.15, 0.2) is 0 Å². The molecule has 1 heterocycles.